The predicted octanol–water partition coefficient (Wildman–Crippen LogP) is 1.86. The van der Waals surface area contributed by atoms with Crippen LogP contribution in [-0.2, 0) is 16.0 Å². The summed E-state index contributed by atoms with van der Waals surface area (Å²) in [7, 11) is 1.81. The normalized spacial score (nSPS) is 16.7. The Morgan fingerprint density at radius 2 is 1.68 bits per heavy atom. The lowest BCUT2D eigenvalue weighted by Gasteiger charge is -2.31. The van der Waals surface area contributed by atoms with Gasteiger partial charge in [-0.05, 0) is 30.2 Å². The van der Waals surface area contributed by atoms with E-state index in [1.807, 2.05) is 35.3 Å². The van der Waals surface area contributed by atoms with Crippen molar-refractivity contribution in [1.82, 2.24) is 25.2 Å². The largest absolute Gasteiger partial charge is 0.386 e. The lowest BCUT2D eigenvalue weighted by molar-refractivity contribution is 0.0152. The molecule has 2 saturated heterocycles. The first-order chi connectivity index (χ1) is 18.1. The van der Waals surface area contributed by atoms with Crippen LogP contribution in [-0.4, -0.2) is 104 Å². The number of aromatic nitrogens is 1. The highest BCUT2D eigenvalue weighted by molar-refractivity contribution is 6.04. The molecule has 0 radical (unpaired) electrons. The van der Waals surface area contributed by atoms with E-state index in [0.29, 0.717) is 50.8 Å². The van der Waals surface area contributed by atoms with Gasteiger partial charge in [-0.3, -0.25) is 20.1 Å². The van der Waals surface area contributed by atoms with Gasteiger partial charge in [-0.25, -0.2) is 9.80 Å². The van der Waals surface area contributed by atoms with Crippen molar-refractivity contribution in [3.05, 3.63) is 53.9 Å². The molecule has 2 aromatic rings. The van der Waals surface area contributed by atoms with Gasteiger partial charge in [0, 0.05) is 59.1 Å². The van der Waals surface area contributed by atoms with Crippen LogP contribution >= 0.6 is 0 Å². The van der Waals surface area contributed by atoms with Crippen molar-refractivity contribution < 1.29 is 19.1 Å². The quantitative estimate of drug-likeness (QED) is 0.443. The zero-order valence-corrected chi connectivity index (χ0v) is 21.4. The van der Waals surface area contributed by atoms with Crippen molar-refractivity contribution in [2.24, 2.45) is 0 Å². The van der Waals surface area contributed by atoms with Gasteiger partial charge in [0.2, 0.25) is 0 Å². The fourth-order valence-corrected chi connectivity index (χ4v) is 4.31. The molecular weight excluding hydrogens is 474 g/mol. The number of rotatable bonds is 10. The molecule has 1 aromatic carbocycles. The fraction of sp³-hybridized carbons (Fsp3) is 0.500. The van der Waals surface area contributed by atoms with E-state index in [1.165, 1.54) is 0 Å². The summed E-state index contributed by atoms with van der Waals surface area (Å²) in [6.07, 6.45) is 2.52. The number of carbonyl (C=O) groups excluding carboxylic acids is 2. The van der Waals surface area contributed by atoms with Crippen LogP contribution in [0.5, 0.6) is 0 Å². The van der Waals surface area contributed by atoms with Crippen molar-refractivity contribution in [1.29, 1.82) is 0 Å². The van der Waals surface area contributed by atoms with Gasteiger partial charge in [0.25, 0.3) is 5.91 Å². The molecule has 1 aromatic heterocycles. The number of amides is 3. The van der Waals surface area contributed by atoms with Crippen molar-refractivity contribution in [2.75, 3.05) is 83.4 Å². The Hall–Kier alpha value is -3.25. The SMILES string of the molecule is CNc1ccccc1NC(=O)c1ccc(CN(CCCN2CCOCC2)C(=O)NN2CCOCC2)cn1. The van der Waals surface area contributed by atoms with Crippen molar-refractivity contribution in [3.8, 4) is 0 Å². The number of benzene rings is 1. The molecule has 0 aliphatic carbocycles. The third-order valence-corrected chi connectivity index (χ3v) is 6.43. The number of hydrogen-bond donors (Lipinski definition) is 3. The van der Waals surface area contributed by atoms with Gasteiger partial charge in [-0.15, -0.1) is 0 Å². The van der Waals surface area contributed by atoms with E-state index in [4.69, 9.17) is 9.47 Å². The van der Waals surface area contributed by atoms with Gasteiger partial charge in [-0.2, -0.15) is 0 Å². The van der Waals surface area contributed by atoms with Crippen LogP contribution in [0.4, 0.5) is 16.2 Å². The zero-order chi connectivity index (χ0) is 25.9. The molecule has 2 aliphatic rings. The maximum Gasteiger partial charge on any atom is 0.332 e. The molecule has 0 bridgehead atoms. The van der Waals surface area contributed by atoms with E-state index in [2.05, 4.69) is 25.9 Å². The number of nitrogens with one attached hydrogen (secondary N) is 3. The number of hydrazine groups is 1. The summed E-state index contributed by atoms with van der Waals surface area (Å²) >= 11 is 0. The molecule has 3 amide bonds. The minimum atomic E-state index is -0.290. The lowest BCUT2D eigenvalue weighted by atomic mass is 10.2. The summed E-state index contributed by atoms with van der Waals surface area (Å²) in [5.41, 5.74) is 5.69. The standard InChI is InChI=1S/C26H37N7O4/c1-27-22-5-2-3-6-23(22)29-25(34)24-8-7-21(19-28-24)20-32(10-4-9-31-11-15-36-16-12-31)26(35)30-33-13-17-37-18-14-33/h2-3,5-8,19,27H,4,9-18,20H2,1H3,(H,29,34)(H,30,35). The number of urea groups is 1. The number of nitrogens with zero attached hydrogens (tertiary/aromatic N) is 4. The average Bonchev–Trinajstić information content (AvgIpc) is 2.94. The highest BCUT2D eigenvalue weighted by Gasteiger charge is 2.20. The van der Waals surface area contributed by atoms with Gasteiger partial charge in [0.1, 0.15) is 5.69 Å². The number of ether oxygens (including phenoxy) is 2. The van der Waals surface area contributed by atoms with Gasteiger partial charge >= 0.3 is 6.03 Å². The smallest absolute Gasteiger partial charge is 0.332 e. The zero-order valence-electron chi connectivity index (χ0n) is 21.4. The van der Waals surface area contributed by atoms with E-state index in [-0.39, 0.29) is 11.9 Å². The molecule has 11 nitrogen and oxygen atoms in total. The Morgan fingerprint density at radius 1 is 0.973 bits per heavy atom. The molecule has 3 heterocycles. The molecule has 200 valence electrons. The first-order valence-corrected chi connectivity index (χ1v) is 12.8. The van der Waals surface area contributed by atoms with Crippen LogP contribution in [0.2, 0.25) is 0 Å². The molecular formula is C26H37N7O4. The Bertz CT molecular complexity index is 1010. The van der Waals surface area contributed by atoms with Crippen LogP contribution in [0.1, 0.15) is 22.5 Å². The van der Waals surface area contributed by atoms with Gasteiger partial charge in [-0.1, -0.05) is 18.2 Å². The maximum absolute atomic E-state index is 13.1. The van der Waals surface area contributed by atoms with E-state index in [9.17, 15) is 9.59 Å². The summed E-state index contributed by atoms with van der Waals surface area (Å²) in [5, 5.41) is 7.85. The fourth-order valence-electron chi connectivity index (χ4n) is 4.31. The van der Waals surface area contributed by atoms with Crippen LogP contribution < -0.4 is 16.1 Å². The van der Waals surface area contributed by atoms with Crippen molar-refractivity contribution in [3.63, 3.8) is 0 Å². The summed E-state index contributed by atoms with van der Waals surface area (Å²) in [4.78, 5) is 34.4. The predicted molar refractivity (Wildman–Crippen MR) is 141 cm³/mol. The second kappa shape index (κ2) is 13.9. The number of hydrogen-bond acceptors (Lipinski definition) is 8. The Labute approximate surface area is 218 Å². The van der Waals surface area contributed by atoms with Crippen LogP contribution in [0.25, 0.3) is 0 Å². The van der Waals surface area contributed by atoms with Crippen molar-refractivity contribution >= 4 is 23.3 Å². The lowest BCUT2D eigenvalue weighted by Crippen LogP contribution is -2.53. The van der Waals surface area contributed by atoms with Gasteiger partial charge < -0.3 is 25.0 Å². The third kappa shape index (κ3) is 8.12. The highest BCUT2D eigenvalue weighted by atomic mass is 16.5. The minimum Gasteiger partial charge on any atom is -0.386 e. The first kappa shape index (κ1) is 26.8. The number of anilines is 2. The molecule has 3 N–H and O–H groups in total. The number of pyridine rings is 1. The monoisotopic (exact) mass is 511 g/mol. The number of carbonyl (C=O) groups is 2. The minimum absolute atomic E-state index is 0.144. The molecule has 2 aliphatic heterocycles. The molecule has 0 unspecified atom stereocenters. The van der Waals surface area contributed by atoms with Gasteiger partial charge in [0.05, 0.1) is 37.8 Å². The summed E-state index contributed by atoms with van der Waals surface area (Å²) in [5.74, 6) is -0.290. The summed E-state index contributed by atoms with van der Waals surface area (Å²) in [6, 6.07) is 10.9. The highest BCUT2D eigenvalue weighted by Crippen LogP contribution is 2.20. The van der Waals surface area contributed by atoms with Gasteiger partial charge in [0.15, 0.2) is 0 Å². The Kier molecular flexibility index (Phi) is 10.1. The molecule has 37 heavy (non-hydrogen) atoms. The summed E-state index contributed by atoms with van der Waals surface area (Å²) < 4.78 is 10.8. The van der Waals surface area contributed by atoms with E-state index < -0.39 is 0 Å². The van der Waals surface area contributed by atoms with E-state index in [1.54, 1.807) is 24.2 Å². The van der Waals surface area contributed by atoms with Crippen molar-refractivity contribution in [2.45, 2.75) is 13.0 Å². The summed E-state index contributed by atoms with van der Waals surface area (Å²) in [6.45, 7) is 7.81. The van der Waals surface area contributed by atoms with E-state index >= 15 is 0 Å². The molecule has 11 heteroatoms. The average molecular weight is 512 g/mol. The maximum atomic E-state index is 13.1. The Balaban J connectivity index is 1.36. The first-order valence-electron chi connectivity index (χ1n) is 12.8. The second-order valence-corrected chi connectivity index (χ2v) is 9.05. The second-order valence-electron chi connectivity index (χ2n) is 9.05. The number of para-hydroxylation sites is 2. The Morgan fingerprint density at radius 3 is 2.35 bits per heavy atom. The molecule has 0 spiro atoms. The van der Waals surface area contributed by atoms with E-state index in [0.717, 1.165) is 50.5 Å². The van der Waals surface area contributed by atoms with Crippen LogP contribution in [0, 0.1) is 0 Å². The third-order valence-electron chi connectivity index (χ3n) is 6.43. The molecule has 2 fully saturated rings. The number of morpholine rings is 2. The molecule has 4 rings (SSSR count). The van der Waals surface area contributed by atoms with Crippen LogP contribution in [0.3, 0.4) is 0 Å². The van der Waals surface area contributed by atoms with Crippen LogP contribution in [0.15, 0.2) is 42.6 Å². The molecule has 0 atom stereocenters. The molecule has 0 saturated carbocycles. The topological polar surface area (TPSA) is 111 Å².